The van der Waals surface area contributed by atoms with E-state index in [0.29, 0.717) is 31.7 Å². The van der Waals surface area contributed by atoms with Gasteiger partial charge in [0.1, 0.15) is 11.3 Å². The average molecular weight is 316 g/mol. The van der Waals surface area contributed by atoms with E-state index < -0.39 is 0 Å². The van der Waals surface area contributed by atoms with Gasteiger partial charge in [-0.25, -0.2) is 0 Å². The summed E-state index contributed by atoms with van der Waals surface area (Å²) in [4.78, 5) is 26.0. The van der Waals surface area contributed by atoms with Crippen molar-refractivity contribution >= 4 is 22.8 Å². The lowest BCUT2D eigenvalue weighted by Crippen LogP contribution is -2.37. The molecule has 1 atom stereocenters. The minimum absolute atomic E-state index is 0.0493. The number of ether oxygens (including phenoxy) is 1. The second kappa shape index (κ2) is 6.42. The third kappa shape index (κ3) is 3.37. The molecule has 1 aliphatic heterocycles. The number of rotatable bonds is 5. The number of fused-ring (bicyclic) bond motifs is 1. The van der Waals surface area contributed by atoms with E-state index in [9.17, 15) is 9.59 Å². The number of aryl methyl sites for hydroxylation is 1. The molecule has 0 spiro atoms. The Hall–Kier alpha value is -2.34. The lowest BCUT2D eigenvalue weighted by atomic mass is 10.1. The first-order valence-corrected chi connectivity index (χ1v) is 7.64. The van der Waals surface area contributed by atoms with Crippen molar-refractivity contribution in [1.29, 1.82) is 0 Å². The fraction of sp³-hybridized carbons (Fsp3) is 0.412. The normalized spacial score (nSPS) is 17.9. The number of furan rings is 1. The quantitative estimate of drug-likeness (QED) is 0.911. The molecular formula is C17H20N2O4. The van der Waals surface area contributed by atoms with Gasteiger partial charge in [0.15, 0.2) is 0 Å². The van der Waals surface area contributed by atoms with Crippen LogP contribution in [0.4, 0.5) is 0 Å². The Balaban J connectivity index is 1.65. The first-order valence-electron chi connectivity index (χ1n) is 7.64. The van der Waals surface area contributed by atoms with Crippen molar-refractivity contribution in [2.45, 2.75) is 19.4 Å². The van der Waals surface area contributed by atoms with Gasteiger partial charge in [0.05, 0.1) is 12.6 Å². The number of amides is 2. The zero-order valence-electron chi connectivity index (χ0n) is 13.3. The van der Waals surface area contributed by atoms with E-state index in [1.807, 2.05) is 13.0 Å². The number of nitrogens with one attached hydrogen (secondary N) is 1. The van der Waals surface area contributed by atoms with E-state index >= 15 is 0 Å². The molecule has 6 nitrogen and oxygen atoms in total. The molecule has 2 aromatic rings. The van der Waals surface area contributed by atoms with Crippen molar-refractivity contribution in [2.75, 3.05) is 26.8 Å². The van der Waals surface area contributed by atoms with Crippen LogP contribution in [0.25, 0.3) is 11.0 Å². The Morgan fingerprint density at radius 1 is 1.43 bits per heavy atom. The number of hydrogen-bond donors (Lipinski definition) is 1. The molecule has 1 aromatic carbocycles. The second-order valence-electron chi connectivity index (χ2n) is 5.82. The van der Waals surface area contributed by atoms with Crippen LogP contribution in [0.5, 0.6) is 0 Å². The van der Waals surface area contributed by atoms with Crippen LogP contribution in [-0.4, -0.2) is 49.6 Å². The topological polar surface area (TPSA) is 71.8 Å². The summed E-state index contributed by atoms with van der Waals surface area (Å²) < 4.78 is 10.5. The van der Waals surface area contributed by atoms with Gasteiger partial charge in [0.25, 0.3) is 5.91 Å². The van der Waals surface area contributed by atoms with Crippen molar-refractivity contribution in [3.05, 3.63) is 35.6 Å². The van der Waals surface area contributed by atoms with Crippen molar-refractivity contribution < 1.29 is 18.7 Å². The molecule has 1 fully saturated rings. The van der Waals surface area contributed by atoms with E-state index in [1.165, 1.54) is 0 Å². The van der Waals surface area contributed by atoms with Crippen LogP contribution >= 0.6 is 0 Å². The third-order valence-electron chi connectivity index (χ3n) is 4.02. The SMILES string of the molecule is COCCN1CC(NC(=O)c2ccc3oc(C)cc3c2)CC1=O. The standard InChI is InChI=1S/C17H20N2O4/c1-11-7-13-8-12(3-4-15(13)23-11)17(21)18-14-9-16(20)19(10-14)5-6-22-2/h3-4,7-8,14H,5-6,9-10H2,1-2H3,(H,18,21). The molecule has 1 saturated heterocycles. The number of carbonyl (C=O) groups is 2. The van der Waals surface area contributed by atoms with Crippen LogP contribution in [0, 0.1) is 6.92 Å². The van der Waals surface area contributed by atoms with Crippen LogP contribution in [0.15, 0.2) is 28.7 Å². The summed E-state index contributed by atoms with van der Waals surface area (Å²) in [6.07, 6.45) is 0.336. The summed E-state index contributed by atoms with van der Waals surface area (Å²) >= 11 is 0. The van der Waals surface area contributed by atoms with E-state index in [1.54, 1.807) is 30.2 Å². The van der Waals surface area contributed by atoms with Crippen LogP contribution in [0.3, 0.4) is 0 Å². The molecule has 0 radical (unpaired) electrons. The Morgan fingerprint density at radius 2 is 2.26 bits per heavy atom. The van der Waals surface area contributed by atoms with E-state index in [4.69, 9.17) is 9.15 Å². The van der Waals surface area contributed by atoms with Crippen LogP contribution in [-0.2, 0) is 9.53 Å². The van der Waals surface area contributed by atoms with Crippen molar-refractivity contribution in [3.63, 3.8) is 0 Å². The van der Waals surface area contributed by atoms with Gasteiger partial charge in [0.2, 0.25) is 5.91 Å². The number of benzene rings is 1. The second-order valence-corrected chi connectivity index (χ2v) is 5.82. The van der Waals surface area contributed by atoms with Gasteiger partial charge in [-0.05, 0) is 31.2 Å². The van der Waals surface area contributed by atoms with Crippen LogP contribution in [0.2, 0.25) is 0 Å². The molecule has 23 heavy (non-hydrogen) atoms. The summed E-state index contributed by atoms with van der Waals surface area (Å²) in [6, 6.07) is 7.08. The number of nitrogens with zero attached hydrogens (tertiary/aromatic N) is 1. The smallest absolute Gasteiger partial charge is 0.251 e. The number of carbonyl (C=O) groups excluding carboxylic acids is 2. The minimum atomic E-state index is -0.169. The maximum absolute atomic E-state index is 12.4. The predicted octanol–water partition coefficient (Wildman–Crippen LogP) is 1.72. The van der Waals surface area contributed by atoms with Gasteiger partial charge in [0, 0.05) is 37.6 Å². The largest absolute Gasteiger partial charge is 0.461 e. The number of likely N-dealkylation sites (tertiary alicyclic amines) is 1. The maximum atomic E-state index is 12.4. The van der Waals surface area contributed by atoms with E-state index in [2.05, 4.69) is 5.32 Å². The van der Waals surface area contributed by atoms with Crippen LogP contribution < -0.4 is 5.32 Å². The first kappa shape index (κ1) is 15.6. The third-order valence-corrected chi connectivity index (χ3v) is 4.02. The highest BCUT2D eigenvalue weighted by Gasteiger charge is 2.30. The van der Waals surface area contributed by atoms with Crippen molar-refractivity contribution in [3.8, 4) is 0 Å². The first-order chi connectivity index (χ1) is 11.1. The maximum Gasteiger partial charge on any atom is 0.251 e. The molecule has 1 aliphatic rings. The molecule has 2 heterocycles. The molecule has 0 aliphatic carbocycles. The molecule has 0 bridgehead atoms. The number of methoxy groups -OCH3 is 1. The zero-order chi connectivity index (χ0) is 16.4. The fourth-order valence-electron chi connectivity index (χ4n) is 2.87. The molecule has 1 N–H and O–H groups in total. The lowest BCUT2D eigenvalue weighted by molar-refractivity contribution is -0.128. The van der Waals surface area contributed by atoms with E-state index in [0.717, 1.165) is 16.7 Å². The Bertz CT molecular complexity index is 737. The average Bonchev–Trinajstić information content (AvgIpc) is 3.05. The molecule has 0 saturated carbocycles. The van der Waals surface area contributed by atoms with Gasteiger partial charge < -0.3 is 19.4 Å². The molecule has 3 rings (SSSR count). The molecular weight excluding hydrogens is 296 g/mol. The van der Waals surface area contributed by atoms with Gasteiger partial charge in [-0.2, -0.15) is 0 Å². The van der Waals surface area contributed by atoms with Gasteiger partial charge in [-0.15, -0.1) is 0 Å². The minimum Gasteiger partial charge on any atom is -0.461 e. The van der Waals surface area contributed by atoms with Crippen molar-refractivity contribution in [1.82, 2.24) is 10.2 Å². The fourth-order valence-corrected chi connectivity index (χ4v) is 2.87. The summed E-state index contributed by atoms with van der Waals surface area (Å²) in [5.41, 5.74) is 1.34. The van der Waals surface area contributed by atoms with Gasteiger partial charge >= 0.3 is 0 Å². The lowest BCUT2D eigenvalue weighted by Gasteiger charge is -2.16. The summed E-state index contributed by atoms with van der Waals surface area (Å²) in [5.74, 6) is 0.693. The van der Waals surface area contributed by atoms with E-state index in [-0.39, 0.29) is 17.9 Å². The van der Waals surface area contributed by atoms with Gasteiger partial charge in [-0.3, -0.25) is 9.59 Å². The monoisotopic (exact) mass is 316 g/mol. The molecule has 1 aromatic heterocycles. The van der Waals surface area contributed by atoms with Gasteiger partial charge in [-0.1, -0.05) is 0 Å². The van der Waals surface area contributed by atoms with Crippen molar-refractivity contribution in [2.24, 2.45) is 0 Å². The highest BCUT2D eigenvalue weighted by Crippen LogP contribution is 2.20. The van der Waals surface area contributed by atoms with Crippen LogP contribution in [0.1, 0.15) is 22.5 Å². The Labute approximate surface area is 134 Å². The number of hydrogen-bond acceptors (Lipinski definition) is 4. The predicted molar refractivity (Wildman–Crippen MR) is 85.3 cm³/mol. The molecule has 122 valence electrons. The molecule has 2 amide bonds. The highest BCUT2D eigenvalue weighted by atomic mass is 16.5. The summed E-state index contributed by atoms with van der Waals surface area (Å²) in [6.45, 7) is 3.46. The molecule has 1 unspecified atom stereocenters. The highest BCUT2D eigenvalue weighted by molar-refractivity contribution is 5.98. The zero-order valence-corrected chi connectivity index (χ0v) is 13.3. The molecule has 6 heteroatoms. The Morgan fingerprint density at radius 3 is 3.04 bits per heavy atom. The summed E-state index contributed by atoms with van der Waals surface area (Å²) in [7, 11) is 1.60. The summed E-state index contributed by atoms with van der Waals surface area (Å²) in [5, 5.41) is 3.83. The Kier molecular flexibility index (Phi) is 4.34.